The van der Waals surface area contributed by atoms with E-state index >= 15 is 0 Å². The van der Waals surface area contributed by atoms with Crippen molar-refractivity contribution in [2.45, 2.75) is 5.25 Å². The van der Waals surface area contributed by atoms with Gasteiger partial charge < -0.3 is 9.52 Å². The highest BCUT2D eigenvalue weighted by Gasteiger charge is 2.20. The van der Waals surface area contributed by atoms with Gasteiger partial charge in [0.1, 0.15) is 12.0 Å². The van der Waals surface area contributed by atoms with Crippen molar-refractivity contribution in [1.82, 2.24) is 4.98 Å². The lowest BCUT2D eigenvalue weighted by atomic mass is 10.2. The summed E-state index contributed by atoms with van der Waals surface area (Å²) in [7, 11) is 0. The van der Waals surface area contributed by atoms with Crippen LogP contribution >= 0.6 is 28.6 Å². The molecular weight excluding hydrogens is 378 g/mol. The number of benzene rings is 2. The van der Waals surface area contributed by atoms with E-state index in [1.807, 2.05) is 30.3 Å². The van der Waals surface area contributed by atoms with E-state index in [4.69, 9.17) is 9.52 Å². The Morgan fingerprint density at radius 3 is 2.30 bits per heavy atom. The van der Waals surface area contributed by atoms with Crippen LogP contribution in [0.1, 0.15) is 11.1 Å². The monoisotopic (exact) mass is 389 g/mol. The maximum atomic E-state index is 10.7. The Morgan fingerprint density at radius 2 is 1.78 bits per heavy atom. The van der Waals surface area contributed by atoms with E-state index in [1.54, 1.807) is 0 Å². The van der Waals surface area contributed by atoms with Crippen molar-refractivity contribution in [2.75, 3.05) is 0 Å². The molecule has 0 amide bonds. The van der Waals surface area contributed by atoms with Crippen molar-refractivity contribution in [2.24, 2.45) is 0 Å². The van der Waals surface area contributed by atoms with Gasteiger partial charge in [-0.3, -0.25) is 4.79 Å². The van der Waals surface area contributed by atoms with E-state index in [1.165, 1.54) is 21.9 Å². The third kappa shape index (κ3) is 3.83. The number of nitrogens with zero attached hydrogens (tertiary/aromatic N) is 1. The number of hydrogen-bond donors (Lipinski definition) is 2. The molecule has 2 aliphatic carbocycles. The molecule has 1 unspecified atom stereocenters. The molecule has 0 spiro atoms. The summed E-state index contributed by atoms with van der Waals surface area (Å²) in [6.45, 7) is 0. The highest BCUT2D eigenvalue weighted by atomic mass is 79.9. The van der Waals surface area contributed by atoms with E-state index < -0.39 is 11.2 Å². The second kappa shape index (κ2) is 6.60. The summed E-state index contributed by atoms with van der Waals surface area (Å²) in [5.74, 6) is -0.987. The van der Waals surface area contributed by atoms with Crippen LogP contribution in [-0.2, 0) is 4.79 Å². The number of fused-ring (bicyclic) bond motifs is 1. The highest BCUT2D eigenvalue weighted by molar-refractivity contribution is 9.10. The van der Waals surface area contributed by atoms with Crippen molar-refractivity contribution in [3.63, 3.8) is 0 Å². The second-order valence-corrected chi connectivity index (χ2v) is 6.34. The Labute approximate surface area is 146 Å². The normalized spacial score (nSPS) is 12.1. The van der Waals surface area contributed by atoms with Gasteiger partial charge in [0.15, 0.2) is 5.25 Å². The quantitative estimate of drug-likeness (QED) is 0.492. The Bertz CT molecular complexity index is 828. The molecule has 0 radical (unpaired) electrons. The zero-order valence-corrected chi connectivity index (χ0v) is 14.3. The maximum absolute atomic E-state index is 10.7. The molecule has 1 heterocycles. The standard InChI is InChI=1S/C11H9NO3S.C6H3Br/c13-11(14)9(16)10-12-8(6-15-10)7-4-2-1-3-5-7;7-6-2-4-1-5(4)3-6/h1-6,9,16H,(H,13,14);1-3H. The van der Waals surface area contributed by atoms with Crippen molar-refractivity contribution in [3.8, 4) is 22.4 Å². The van der Waals surface area contributed by atoms with Gasteiger partial charge in [-0.2, -0.15) is 12.6 Å². The Hall–Kier alpha value is -2.05. The smallest absolute Gasteiger partial charge is 0.325 e. The van der Waals surface area contributed by atoms with E-state index in [0.717, 1.165) is 5.56 Å². The number of thiol groups is 1. The van der Waals surface area contributed by atoms with Crippen molar-refractivity contribution in [3.05, 3.63) is 65.2 Å². The molecule has 6 heteroatoms. The Kier molecular flexibility index (Phi) is 4.54. The third-order valence-electron chi connectivity index (χ3n) is 3.21. The summed E-state index contributed by atoms with van der Waals surface area (Å²) in [5.41, 5.74) is 4.28. The average Bonchev–Trinajstić information content (AvgIpc) is 2.98. The number of oxazole rings is 1. The number of rotatable bonds is 3. The minimum absolute atomic E-state index is 0.0923. The fraction of sp³-hybridized carbons (Fsp3) is 0.0588. The van der Waals surface area contributed by atoms with Crippen LogP contribution in [0.5, 0.6) is 0 Å². The summed E-state index contributed by atoms with van der Waals surface area (Å²) in [5, 5.41) is 7.71. The molecule has 4 rings (SSSR count). The van der Waals surface area contributed by atoms with Gasteiger partial charge in [-0.15, -0.1) is 0 Å². The SMILES string of the molecule is Brc1cc2cc-2c1.O=C(O)C(S)c1nc(-c2ccccc2)co1. The average molecular weight is 390 g/mol. The number of halogens is 1. The van der Waals surface area contributed by atoms with Gasteiger partial charge in [-0.05, 0) is 29.3 Å². The largest absolute Gasteiger partial charge is 0.480 e. The van der Waals surface area contributed by atoms with Crippen LogP contribution in [-0.4, -0.2) is 16.1 Å². The lowest BCUT2D eigenvalue weighted by Gasteiger charge is -1.97. The highest BCUT2D eigenvalue weighted by Crippen LogP contribution is 2.38. The van der Waals surface area contributed by atoms with E-state index in [9.17, 15) is 4.79 Å². The van der Waals surface area contributed by atoms with Crippen molar-refractivity contribution < 1.29 is 14.3 Å². The van der Waals surface area contributed by atoms with Crippen LogP contribution in [0, 0.1) is 0 Å². The van der Waals surface area contributed by atoms with Gasteiger partial charge in [0.25, 0.3) is 0 Å². The first-order valence-corrected chi connectivity index (χ1v) is 8.08. The van der Waals surface area contributed by atoms with Crippen LogP contribution < -0.4 is 0 Å². The molecule has 1 aromatic carbocycles. The van der Waals surface area contributed by atoms with Crippen LogP contribution in [0.4, 0.5) is 0 Å². The van der Waals surface area contributed by atoms with Crippen molar-refractivity contribution in [1.29, 1.82) is 0 Å². The summed E-state index contributed by atoms with van der Waals surface area (Å²) >= 11 is 7.24. The molecule has 0 saturated carbocycles. The fourth-order valence-electron chi connectivity index (χ4n) is 1.98. The van der Waals surface area contributed by atoms with E-state index in [0.29, 0.717) is 5.69 Å². The topological polar surface area (TPSA) is 63.3 Å². The molecule has 0 fully saturated rings. The number of carbonyl (C=O) groups is 1. The molecule has 0 saturated heterocycles. The molecule has 4 nitrogen and oxygen atoms in total. The number of aromatic nitrogens is 1. The number of carboxylic acid groups (broad SMARTS) is 1. The lowest BCUT2D eigenvalue weighted by molar-refractivity contribution is -0.136. The maximum Gasteiger partial charge on any atom is 0.325 e. The van der Waals surface area contributed by atoms with Crippen molar-refractivity contribution >= 4 is 34.5 Å². The minimum Gasteiger partial charge on any atom is -0.480 e. The molecule has 0 bridgehead atoms. The van der Waals surface area contributed by atoms with Gasteiger partial charge in [-0.25, -0.2) is 4.98 Å². The van der Waals surface area contributed by atoms with Gasteiger partial charge >= 0.3 is 5.97 Å². The molecule has 23 heavy (non-hydrogen) atoms. The van der Waals surface area contributed by atoms with Gasteiger partial charge in [0.05, 0.1) is 0 Å². The fourth-order valence-corrected chi connectivity index (χ4v) is 2.59. The summed E-state index contributed by atoms with van der Waals surface area (Å²) in [4.78, 5) is 14.7. The van der Waals surface area contributed by atoms with Gasteiger partial charge in [0.2, 0.25) is 5.89 Å². The molecule has 1 atom stereocenters. The summed E-state index contributed by atoms with van der Waals surface area (Å²) in [6.07, 6.45) is 1.43. The van der Waals surface area contributed by atoms with E-state index in [-0.39, 0.29) is 5.89 Å². The molecule has 2 aromatic rings. The summed E-state index contributed by atoms with van der Waals surface area (Å²) < 4.78 is 6.28. The summed E-state index contributed by atoms with van der Waals surface area (Å²) in [6, 6.07) is 15.8. The predicted molar refractivity (Wildman–Crippen MR) is 94.4 cm³/mol. The van der Waals surface area contributed by atoms with Crippen LogP contribution in [0.2, 0.25) is 0 Å². The van der Waals surface area contributed by atoms with Crippen LogP contribution in [0.15, 0.2) is 63.7 Å². The number of hydrogen-bond acceptors (Lipinski definition) is 4. The first-order chi connectivity index (χ1) is 11.0. The molecule has 116 valence electrons. The lowest BCUT2D eigenvalue weighted by Crippen LogP contribution is -2.05. The second-order valence-electron chi connectivity index (χ2n) is 4.91. The van der Waals surface area contributed by atoms with Gasteiger partial charge in [-0.1, -0.05) is 46.3 Å². The Morgan fingerprint density at radius 1 is 1.13 bits per heavy atom. The first kappa shape index (κ1) is 15.8. The van der Waals surface area contributed by atoms with Crippen LogP contribution in [0.3, 0.4) is 0 Å². The minimum atomic E-state index is -1.08. The Balaban J connectivity index is 0.000000183. The van der Waals surface area contributed by atoms with Crippen LogP contribution in [0.25, 0.3) is 22.4 Å². The molecule has 0 aliphatic heterocycles. The third-order valence-corrected chi connectivity index (χ3v) is 4.11. The zero-order chi connectivity index (χ0) is 16.4. The first-order valence-electron chi connectivity index (χ1n) is 6.77. The number of carboxylic acids is 1. The zero-order valence-electron chi connectivity index (χ0n) is 11.8. The van der Waals surface area contributed by atoms with Gasteiger partial charge in [0, 0.05) is 10.0 Å². The predicted octanol–water partition coefficient (Wildman–Crippen LogP) is 4.83. The molecule has 2 aliphatic rings. The molecular formula is C17H12BrNO3S. The van der Waals surface area contributed by atoms with E-state index in [2.05, 4.69) is 51.7 Å². The molecule has 1 aromatic heterocycles. The number of aliphatic carboxylic acids is 1. The molecule has 1 N–H and O–H groups in total.